The molecule has 1 aromatic rings. The highest BCUT2D eigenvalue weighted by molar-refractivity contribution is 9.10. The summed E-state index contributed by atoms with van der Waals surface area (Å²) in [5.74, 6) is -0.212. The molecule has 1 aliphatic carbocycles. The van der Waals surface area contributed by atoms with Crippen LogP contribution in [0, 0.1) is 6.92 Å². The first kappa shape index (κ1) is 16.0. The number of carbonyl (C=O) groups is 2. The van der Waals surface area contributed by atoms with E-state index in [1.165, 1.54) is 24.7 Å². The van der Waals surface area contributed by atoms with Crippen LogP contribution in [-0.2, 0) is 9.59 Å². The molecule has 0 atom stereocenters. The van der Waals surface area contributed by atoms with Crippen molar-refractivity contribution < 1.29 is 9.59 Å². The van der Waals surface area contributed by atoms with Gasteiger partial charge < -0.3 is 10.2 Å². The molecule has 2 rings (SSSR count). The van der Waals surface area contributed by atoms with Crippen LogP contribution < -0.4 is 10.2 Å². The lowest BCUT2D eigenvalue weighted by atomic mass is 10.2. The van der Waals surface area contributed by atoms with Crippen molar-refractivity contribution in [2.75, 3.05) is 11.4 Å². The van der Waals surface area contributed by atoms with E-state index in [0.29, 0.717) is 0 Å². The van der Waals surface area contributed by atoms with Gasteiger partial charge >= 0.3 is 0 Å². The molecule has 2 amide bonds. The molecule has 1 saturated carbocycles. The van der Waals surface area contributed by atoms with E-state index in [1.54, 1.807) is 0 Å². The lowest BCUT2D eigenvalue weighted by molar-refractivity contribution is -0.123. The number of nitrogens with zero attached hydrogens (tertiary/aromatic N) is 1. The minimum Gasteiger partial charge on any atom is -0.352 e. The van der Waals surface area contributed by atoms with E-state index in [-0.39, 0.29) is 24.4 Å². The third kappa shape index (κ3) is 4.30. The predicted molar refractivity (Wildman–Crippen MR) is 87.3 cm³/mol. The smallest absolute Gasteiger partial charge is 0.240 e. The zero-order valence-electron chi connectivity index (χ0n) is 12.5. The van der Waals surface area contributed by atoms with Gasteiger partial charge in [-0.1, -0.05) is 28.8 Å². The van der Waals surface area contributed by atoms with Gasteiger partial charge in [-0.15, -0.1) is 0 Å². The molecular formula is C16H21BrN2O2. The van der Waals surface area contributed by atoms with Crippen LogP contribution in [0.2, 0.25) is 0 Å². The average molecular weight is 353 g/mol. The maximum absolute atomic E-state index is 12.1. The molecule has 1 aromatic carbocycles. The SMILES string of the molecule is CC(=O)N(CC(=O)NC1CCCC1)c1ccc(Br)c(C)c1. The molecule has 1 N–H and O–H groups in total. The molecule has 0 spiro atoms. The summed E-state index contributed by atoms with van der Waals surface area (Å²) in [6.45, 7) is 3.53. The van der Waals surface area contributed by atoms with Gasteiger partial charge in [0.1, 0.15) is 6.54 Å². The number of benzene rings is 1. The van der Waals surface area contributed by atoms with E-state index >= 15 is 0 Å². The van der Waals surface area contributed by atoms with Crippen LogP contribution in [0.25, 0.3) is 0 Å². The van der Waals surface area contributed by atoms with Crippen LogP contribution >= 0.6 is 15.9 Å². The molecule has 0 radical (unpaired) electrons. The fourth-order valence-electron chi connectivity index (χ4n) is 2.67. The molecule has 0 aliphatic heterocycles. The topological polar surface area (TPSA) is 49.4 Å². The number of carbonyl (C=O) groups excluding carboxylic acids is 2. The van der Waals surface area contributed by atoms with E-state index in [0.717, 1.165) is 28.6 Å². The molecule has 1 fully saturated rings. The molecule has 5 heteroatoms. The molecule has 0 aromatic heterocycles. The summed E-state index contributed by atoms with van der Waals surface area (Å²) in [4.78, 5) is 25.5. The molecular weight excluding hydrogens is 332 g/mol. The Balaban J connectivity index is 2.06. The maximum Gasteiger partial charge on any atom is 0.240 e. The largest absolute Gasteiger partial charge is 0.352 e. The summed E-state index contributed by atoms with van der Waals surface area (Å²) in [6.07, 6.45) is 4.44. The van der Waals surface area contributed by atoms with Crippen LogP contribution in [0.4, 0.5) is 5.69 Å². The van der Waals surface area contributed by atoms with Gasteiger partial charge in [-0.05, 0) is 43.5 Å². The second-order valence-corrected chi connectivity index (χ2v) is 6.44. The van der Waals surface area contributed by atoms with E-state index in [4.69, 9.17) is 0 Å². The van der Waals surface area contributed by atoms with Gasteiger partial charge in [0, 0.05) is 23.1 Å². The first-order valence-electron chi connectivity index (χ1n) is 7.31. The zero-order chi connectivity index (χ0) is 15.4. The minimum atomic E-state index is -0.127. The summed E-state index contributed by atoms with van der Waals surface area (Å²) in [6, 6.07) is 5.93. The molecule has 114 valence electrons. The van der Waals surface area contributed by atoms with Crippen molar-refractivity contribution in [3.63, 3.8) is 0 Å². The van der Waals surface area contributed by atoms with Crippen molar-refractivity contribution in [1.82, 2.24) is 5.32 Å². The first-order valence-corrected chi connectivity index (χ1v) is 8.10. The van der Waals surface area contributed by atoms with Crippen molar-refractivity contribution in [2.45, 2.75) is 45.6 Å². The number of aryl methyl sites for hydroxylation is 1. The number of hydrogen-bond acceptors (Lipinski definition) is 2. The van der Waals surface area contributed by atoms with Gasteiger partial charge in [0.2, 0.25) is 11.8 Å². The van der Waals surface area contributed by atoms with Gasteiger partial charge in [-0.25, -0.2) is 0 Å². The average Bonchev–Trinajstić information content (AvgIpc) is 2.92. The van der Waals surface area contributed by atoms with Gasteiger partial charge in [-0.3, -0.25) is 9.59 Å². The maximum atomic E-state index is 12.1. The second-order valence-electron chi connectivity index (χ2n) is 5.59. The van der Waals surface area contributed by atoms with Crippen LogP contribution in [-0.4, -0.2) is 24.4 Å². The Morgan fingerprint density at radius 1 is 1.33 bits per heavy atom. The number of hydrogen-bond donors (Lipinski definition) is 1. The number of amides is 2. The van der Waals surface area contributed by atoms with Crippen molar-refractivity contribution in [3.05, 3.63) is 28.2 Å². The van der Waals surface area contributed by atoms with Crippen LogP contribution in [0.5, 0.6) is 0 Å². The number of rotatable bonds is 4. The highest BCUT2D eigenvalue weighted by atomic mass is 79.9. The van der Waals surface area contributed by atoms with Crippen molar-refractivity contribution in [3.8, 4) is 0 Å². The molecule has 21 heavy (non-hydrogen) atoms. The number of anilines is 1. The summed E-state index contributed by atoms with van der Waals surface area (Å²) in [7, 11) is 0. The van der Waals surface area contributed by atoms with E-state index in [9.17, 15) is 9.59 Å². The van der Waals surface area contributed by atoms with Gasteiger partial charge in [-0.2, -0.15) is 0 Å². The molecule has 0 unspecified atom stereocenters. The summed E-state index contributed by atoms with van der Waals surface area (Å²) < 4.78 is 0.991. The van der Waals surface area contributed by atoms with E-state index in [1.807, 2.05) is 25.1 Å². The third-order valence-electron chi connectivity index (χ3n) is 3.86. The monoisotopic (exact) mass is 352 g/mol. The summed E-state index contributed by atoms with van der Waals surface area (Å²) in [5.41, 5.74) is 1.79. The van der Waals surface area contributed by atoms with Crippen LogP contribution in [0.3, 0.4) is 0 Å². The van der Waals surface area contributed by atoms with Crippen LogP contribution in [0.15, 0.2) is 22.7 Å². The fraction of sp³-hybridized carbons (Fsp3) is 0.500. The lowest BCUT2D eigenvalue weighted by Gasteiger charge is -2.22. The summed E-state index contributed by atoms with van der Waals surface area (Å²) >= 11 is 3.44. The van der Waals surface area contributed by atoms with E-state index < -0.39 is 0 Å². The minimum absolute atomic E-state index is 0.0763. The van der Waals surface area contributed by atoms with Crippen molar-refractivity contribution in [1.29, 1.82) is 0 Å². The highest BCUT2D eigenvalue weighted by Gasteiger charge is 2.20. The zero-order valence-corrected chi connectivity index (χ0v) is 14.1. The molecule has 0 bridgehead atoms. The third-order valence-corrected chi connectivity index (χ3v) is 4.75. The molecule has 1 aliphatic rings. The van der Waals surface area contributed by atoms with Crippen molar-refractivity contribution in [2.24, 2.45) is 0 Å². The Morgan fingerprint density at radius 3 is 2.57 bits per heavy atom. The Morgan fingerprint density at radius 2 is 2.00 bits per heavy atom. The quantitative estimate of drug-likeness (QED) is 0.904. The first-order chi connectivity index (χ1) is 9.97. The Labute approximate surface area is 134 Å². The number of nitrogens with one attached hydrogen (secondary N) is 1. The molecule has 4 nitrogen and oxygen atoms in total. The fourth-order valence-corrected chi connectivity index (χ4v) is 2.91. The van der Waals surface area contributed by atoms with Crippen molar-refractivity contribution >= 4 is 33.4 Å². The van der Waals surface area contributed by atoms with Gasteiger partial charge in [0.15, 0.2) is 0 Å². The Hall–Kier alpha value is -1.36. The second kappa shape index (κ2) is 7.07. The van der Waals surface area contributed by atoms with Crippen LogP contribution in [0.1, 0.15) is 38.2 Å². The standard InChI is InChI=1S/C16H21BrN2O2/c1-11-9-14(7-8-15(11)17)19(12(2)20)10-16(21)18-13-5-3-4-6-13/h7-9,13H,3-6,10H2,1-2H3,(H,18,21). The van der Waals surface area contributed by atoms with Gasteiger partial charge in [0.25, 0.3) is 0 Å². The molecule has 0 heterocycles. The highest BCUT2D eigenvalue weighted by Crippen LogP contribution is 2.23. The summed E-state index contributed by atoms with van der Waals surface area (Å²) in [5, 5.41) is 3.02. The molecule has 0 saturated heterocycles. The van der Waals surface area contributed by atoms with Gasteiger partial charge in [0.05, 0.1) is 0 Å². The predicted octanol–water partition coefficient (Wildman–Crippen LogP) is 3.17. The Bertz CT molecular complexity index is 539. The van der Waals surface area contributed by atoms with E-state index in [2.05, 4.69) is 21.2 Å². The normalized spacial score (nSPS) is 15.0. The lowest BCUT2D eigenvalue weighted by Crippen LogP contribution is -2.43. The Kier molecular flexibility index (Phi) is 5.39. The number of halogens is 1.